The normalized spacial score (nSPS) is 16.9. The van der Waals surface area contributed by atoms with E-state index in [0.29, 0.717) is 12.5 Å². The minimum absolute atomic E-state index is 0.159. The van der Waals surface area contributed by atoms with Gasteiger partial charge in [0, 0.05) is 18.8 Å². The Morgan fingerprint density at radius 2 is 2.19 bits per heavy atom. The number of hydrogen-bond donors (Lipinski definition) is 1. The fourth-order valence-corrected chi connectivity index (χ4v) is 1.93. The third-order valence-electron chi connectivity index (χ3n) is 2.94. The van der Waals surface area contributed by atoms with Crippen molar-refractivity contribution in [2.75, 3.05) is 24.5 Å². The van der Waals surface area contributed by atoms with Crippen LogP contribution < -0.4 is 10.2 Å². The quantitative estimate of drug-likeness (QED) is 0.820. The number of rotatable bonds is 2. The lowest BCUT2D eigenvalue weighted by Gasteiger charge is -2.28. The number of nitrogens with one attached hydrogen (secondary N) is 1. The average Bonchev–Trinajstić information content (AvgIpc) is 2.30. The first kappa shape index (κ1) is 11.1. The molecule has 2 rings (SSSR count). The van der Waals surface area contributed by atoms with Gasteiger partial charge in [-0.05, 0) is 23.6 Å². The Bertz CT molecular complexity index is 387. The fraction of sp³-hybridized carbons (Fsp3) is 0.462. The molecular weight excluding hydrogens is 200 g/mol. The van der Waals surface area contributed by atoms with Crippen LogP contribution in [0.5, 0.6) is 0 Å². The van der Waals surface area contributed by atoms with Gasteiger partial charge < -0.3 is 10.2 Å². The summed E-state index contributed by atoms with van der Waals surface area (Å²) < 4.78 is 0. The largest absolute Gasteiger partial charge is 0.310 e. The van der Waals surface area contributed by atoms with E-state index in [1.54, 1.807) is 0 Å². The van der Waals surface area contributed by atoms with Crippen LogP contribution >= 0.6 is 0 Å². The molecule has 16 heavy (non-hydrogen) atoms. The molecule has 0 radical (unpaired) electrons. The van der Waals surface area contributed by atoms with Crippen LogP contribution in [0.15, 0.2) is 24.3 Å². The predicted molar refractivity (Wildman–Crippen MR) is 65.8 cm³/mol. The van der Waals surface area contributed by atoms with E-state index in [1.807, 2.05) is 17.0 Å². The van der Waals surface area contributed by atoms with Crippen LogP contribution in [0.2, 0.25) is 0 Å². The topological polar surface area (TPSA) is 32.3 Å². The number of benzene rings is 1. The standard InChI is InChI=1S/C13H18N2O/c1-10(2)11-4-3-5-12(8-11)15-7-6-14-9-13(15)16/h3-5,8,10,14H,6-7,9H2,1-2H3. The molecular formula is C13H18N2O. The zero-order chi connectivity index (χ0) is 11.5. The van der Waals surface area contributed by atoms with E-state index in [4.69, 9.17) is 0 Å². The van der Waals surface area contributed by atoms with E-state index in [1.165, 1.54) is 5.56 Å². The summed E-state index contributed by atoms with van der Waals surface area (Å²) >= 11 is 0. The summed E-state index contributed by atoms with van der Waals surface area (Å²) in [7, 11) is 0. The Morgan fingerprint density at radius 3 is 2.88 bits per heavy atom. The van der Waals surface area contributed by atoms with Gasteiger partial charge in [0.25, 0.3) is 0 Å². The van der Waals surface area contributed by atoms with E-state index >= 15 is 0 Å². The molecule has 3 heteroatoms. The van der Waals surface area contributed by atoms with Crippen LogP contribution in [0.4, 0.5) is 5.69 Å². The van der Waals surface area contributed by atoms with E-state index < -0.39 is 0 Å². The summed E-state index contributed by atoms with van der Waals surface area (Å²) in [5.74, 6) is 0.658. The predicted octanol–water partition coefficient (Wildman–Crippen LogP) is 1.75. The Kier molecular flexibility index (Phi) is 3.25. The van der Waals surface area contributed by atoms with Gasteiger partial charge in [-0.3, -0.25) is 4.79 Å². The Labute approximate surface area is 96.5 Å². The molecule has 0 atom stereocenters. The number of anilines is 1. The van der Waals surface area contributed by atoms with Crippen LogP contribution in [0.1, 0.15) is 25.3 Å². The maximum atomic E-state index is 11.7. The summed E-state index contributed by atoms with van der Waals surface area (Å²) in [6.07, 6.45) is 0. The van der Waals surface area contributed by atoms with Gasteiger partial charge in [-0.25, -0.2) is 0 Å². The Morgan fingerprint density at radius 1 is 1.38 bits per heavy atom. The Balaban J connectivity index is 2.25. The molecule has 0 aliphatic carbocycles. The molecule has 1 aliphatic heterocycles. The SMILES string of the molecule is CC(C)c1cccc(N2CCNCC2=O)c1. The van der Waals surface area contributed by atoms with E-state index in [9.17, 15) is 4.79 Å². The van der Waals surface area contributed by atoms with Crippen molar-refractivity contribution in [2.45, 2.75) is 19.8 Å². The van der Waals surface area contributed by atoms with Crippen molar-refractivity contribution in [2.24, 2.45) is 0 Å². The molecule has 0 unspecified atom stereocenters. The van der Waals surface area contributed by atoms with Crippen molar-refractivity contribution in [1.29, 1.82) is 0 Å². The highest BCUT2D eigenvalue weighted by molar-refractivity contribution is 5.95. The van der Waals surface area contributed by atoms with Crippen molar-refractivity contribution in [3.8, 4) is 0 Å². The highest BCUT2D eigenvalue weighted by atomic mass is 16.2. The lowest BCUT2D eigenvalue weighted by atomic mass is 10.0. The van der Waals surface area contributed by atoms with E-state index in [-0.39, 0.29) is 5.91 Å². The molecule has 1 saturated heterocycles. The van der Waals surface area contributed by atoms with Crippen LogP contribution in [-0.4, -0.2) is 25.5 Å². The first-order valence-electron chi connectivity index (χ1n) is 5.79. The van der Waals surface area contributed by atoms with Gasteiger partial charge in [-0.1, -0.05) is 26.0 Å². The monoisotopic (exact) mass is 218 g/mol. The van der Waals surface area contributed by atoms with Crippen LogP contribution in [0.3, 0.4) is 0 Å². The molecule has 1 aliphatic rings. The fourth-order valence-electron chi connectivity index (χ4n) is 1.93. The van der Waals surface area contributed by atoms with Crippen molar-refractivity contribution in [1.82, 2.24) is 5.32 Å². The maximum absolute atomic E-state index is 11.7. The number of carbonyl (C=O) groups is 1. The zero-order valence-electron chi connectivity index (χ0n) is 9.86. The first-order chi connectivity index (χ1) is 7.68. The highest BCUT2D eigenvalue weighted by Gasteiger charge is 2.19. The van der Waals surface area contributed by atoms with Crippen molar-refractivity contribution < 1.29 is 4.79 Å². The highest BCUT2D eigenvalue weighted by Crippen LogP contribution is 2.22. The molecule has 1 aromatic rings. The first-order valence-corrected chi connectivity index (χ1v) is 5.79. The number of nitrogens with zero attached hydrogens (tertiary/aromatic N) is 1. The summed E-state index contributed by atoms with van der Waals surface area (Å²) in [5.41, 5.74) is 2.31. The Hall–Kier alpha value is -1.35. The second kappa shape index (κ2) is 4.66. The van der Waals surface area contributed by atoms with Gasteiger partial charge in [-0.15, -0.1) is 0 Å². The number of amides is 1. The molecule has 1 fully saturated rings. The van der Waals surface area contributed by atoms with E-state index in [2.05, 4.69) is 31.3 Å². The molecule has 1 heterocycles. The van der Waals surface area contributed by atoms with Crippen molar-refractivity contribution in [3.05, 3.63) is 29.8 Å². The molecule has 3 nitrogen and oxygen atoms in total. The molecule has 0 spiro atoms. The third-order valence-corrected chi connectivity index (χ3v) is 2.94. The van der Waals surface area contributed by atoms with Crippen LogP contribution in [0, 0.1) is 0 Å². The minimum Gasteiger partial charge on any atom is -0.310 e. The van der Waals surface area contributed by atoms with Gasteiger partial charge in [0.15, 0.2) is 0 Å². The van der Waals surface area contributed by atoms with Gasteiger partial charge >= 0.3 is 0 Å². The number of carbonyl (C=O) groups excluding carboxylic acids is 1. The number of piperazine rings is 1. The summed E-state index contributed by atoms with van der Waals surface area (Å²) in [4.78, 5) is 13.6. The van der Waals surface area contributed by atoms with Gasteiger partial charge in [-0.2, -0.15) is 0 Å². The maximum Gasteiger partial charge on any atom is 0.240 e. The van der Waals surface area contributed by atoms with Crippen molar-refractivity contribution >= 4 is 11.6 Å². The van der Waals surface area contributed by atoms with Crippen LogP contribution in [-0.2, 0) is 4.79 Å². The summed E-state index contributed by atoms with van der Waals surface area (Å²) in [6.45, 7) is 6.42. The van der Waals surface area contributed by atoms with Crippen LogP contribution in [0.25, 0.3) is 0 Å². The smallest absolute Gasteiger partial charge is 0.240 e. The second-order valence-corrected chi connectivity index (χ2v) is 4.47. The number of hydrogen-bond acceptors (Lipinski definition) is 2. The molecule has 0 aromatic heterocycles. The summed E-state index contributed by atoms with van der Waals surface area (Å²) in [6, 6.07) is 8.27. The molecule has 1 N–H and O–H groups in total. The third kappa shape index (κ3) is 2.25. The van der Waals surface area contributed by atoms with Crippen molar-refractivity contribution in [3.63, 3.8) is 0 Å². The minimum atomic E-state index is 0.159. The molecule has 86 valence electrons. The zero-order valence-corrected chi connectivity index (χ0v) is 9.86. The molecule has 1 amide bonds. The van der Waals surface area contributed by atoms with Gasteiger partial charge in [0.05, 0.1) is 6.54 Å². The van der Waals surface area contributed by atoms with Gasteiger partial charge in [0.2, 0.25) is 5.91 Å². The van der Waals surface area contributed by atoms with Gasteiger partial charge in [0.1, 0.15) is 0 Å². The average molecular weight is 218 g/mol. The molecule has 1 aromatic carbocycles. The molecule has 0 saturated carbocycles. The van der Waals surface area contributed by atoms with E-state index in [0.717, 1.165) is 18.8 Å². The lowest BCUT2D eigenvalue weighted by Crippen LogP contribution is -2.48. The summed E-state index contributed by atoms with van der Waals surface area (Å²) in [5, 5.41) is 3.08. The lowest BCUT2D eigenvalue weighted by molar-refractivity contribution is -0.118. The molecule has 0 bridgehead atoms. The second-order valence-electron chi connectivity index (χ2n) is 4.47.